The number of carbonyl (C=O) groups is 1. The summed E-state index contributed by atoms with van der Waals surface area (Å²) in [4.78, 5) is 17.5. The van der Waals surface area contributed by atoms with E-state index in [4.69, 9.17) is 5.73 Å². The van der Waals surface area contributed by atoms with Gasteiger partial charge in [0.05, 0.1) is 6.54 Å². The molecule has 1 fully saturated rings. The van der Waals surface area contributed by atoms with Crippen molar-refractivity contribution in [1.82, 2.24) is 15.2 Å². The number of pyridine rings is 1. The third kappa shape index (κ3) is 2.93. The number of nitrogens with zero attached hydrogens (tertiary/aromatic N) is 2. The van der Waals surface area contributed by atoms with E-state index in [9.17, 15) is 4.79 Å². The van der Waals surface area contributed by atoms with E-state index in [1.165, 1.54) is 0 Å². The van der Waals surface area contributed by atoms with Gasteiger partial charge in [0.25, 0.3) is 0 Å². The summed E-state index contributed by atoms with van der Waals surface area (Å²) in [6.07, 6.45) is 2.76. The molecule has 5 nitrogen and oxygen atoms in total. The monoisotopic (exact) mass is 220 g/mol. The van der Waals surface area contributed by atoms with Crippen LogP contribution in [0, 0.1) is 0 Å². The third-order valence-electron chi connectivity index (χ3n) is 2.59. The number of aromatic nitrogens is 1. The Labute approximate surface area is 94.6 Å². The Morgan fingerprint density at radius 1 is 1.50 bits per heavy atom. The van der Waals surface area contributed by atoms with Crippen LogP contribution in [0.15, 0.2) is 18.3 Å². The smallest absolute Gasteiger partial charge is 0.234 e. The van der Waals surface area contributed by atoms with Crippen molar-refractivity contribution in [3.63, 3.8) is 0 Å². The molecule has 0 aliphatic carbocycles. The molecule has 0 saturated carbocycles. The van der Waals surface area contributed by atoms with Crippen LogP contribution in [0.25, 0.3) is 0 Å². The van der Waals surface area contributed by atoms with Gasteiger partial charge in [-0.05, 0) is 18.1 Å². The number of nitrogen functional groups attached to an aromatic ring is 1. The average molecular weight is 220 g/mol. The summed E-state index contributed by atoms with van der Waals surface area (Å²) in [5.74, 6) is 0.623. The zero-order chi connectivity index (χ0) is 11.4. The molecule has 1 aliphatic rings. The van der Waals surface area contributed by atoms with Gasteiger partial charge in [0, 0.05) is 25.8 Å². The summed E-state index contributed by atoms with van der Waals surface area (Å²) in [6, 6.07) is 3.73. The third-order valence-corrected chi connectivity index (χ3v) is 2.59. The Balaban J connectivity index is 1.97. The van der Waals surface area contributed by atoms with Crippen LogP contribution >= 0.6 is 0 Å². The highest BCUT2D eigenvalue weighted by molar-refractivity contribution is 5.78. The van der Waals surface area contributed by atoms with Crippen molar-refractivity contribution in [1.29, 1.82) is 0 Å². The van der Waals surface area contributed by atoms with Gasteiger partial charge in [0.2, 0.25) is 5.91 Å². The van der Waals surface area contributed by atoms with Crippen molar-refractivity contribution in [2.24, 2.45) is 0 Å². The van der Waals surface area contributed by atoms with Crippen molar-refractivity contribution >= 4 is 11.7 Å². The minimum atomic E-state index is 0.0981. The van der Waals surface area contributed by atoms with E-state index in [1.54, 1.807) is 12.3 Å². The van der Waals surface area contributed by atoms with Gasteiger partial charge in [-0.1, -0.05) is 6.07 Å². The highest BCUT2D eigenvalue weighted by atomic mass is 16.2. The zero-order valence-electron chi connectivity index (χ0n) is 9.15. The van der Waals surface area contributed by atoms with Crippen LogP contribution in [-0.4, -0.2) is 35.4 Å². The van der Waals surface area contributed by atoms with E-state index < -0.39 is 0 Å². The molecule has 1 aromatic heterocycles. The zero-order valence-corrected chi connectivity index (χ0v) is 9.15. The van der Waals surface area contributed by atoms with E-state index >= 15 is 0 Å². The molecule has 0 atom stereocenters. The molecule has 1 aliphatic heterocycles. The molecule has 0 aromatic carbocycles. The summed E-state index contributed by atoms with van der Waals surface area (Å²) in [5.41, 5.74) is 6.61. The van der Waals surface area contributed by atoms with Crippen LogP contribution in [0.5, 0.6) is 0 Å². The first-order valence-electron chi connectivity index (χ1n) is 5.43. The van der Waals surface area contributed by atoms with Gasteiger partial charge in [-0.2, -0.15) is 0 Å². The number of rotatable bonds is 2. The first-order chi connectivity index (χ1) is 7.74. The van der Waals surface area contributed by atoms with Crippen molar-refractivity contribution in [2.75, 3.05) is 25.4 Å². The molecule has 0 spiro atoms. The lowest BCUT2D eigenvalue weighted by molar-refractivity contribution is -0.121. The van der Waals surface area contributed by atoms with Gasteiger partial charge in [0.1, 0.15) is 5.82 Å². The van der Waals surface area contributed by atoms with Gasteiger partial charge in [-0.25, -0.2) is 4.98 Å². The minimum Gasteiger partial charge on any atom is -0.384 e. The maximum atomic E-state index is 11.3. The van der Waals surface area contributed by atoms with Crippen molar-refractivity contribution < 1.29 is 4.79 Å². The van der Waals surface area contributed by atoms with Crippen LogP contribution < -0.4 is 11.1 Å². The highest BCUT2D eigenvalue weighted by Gasteiger charge is 2.14. The molecule has 2 heterocycles. The Bertz CT molecular complexity index is 363. The first-order valence-corrected chi connectivity index (χ1v) is 5.43. The number of nitrogens with two attached hydrogens (primary N) is 1. The molecule has 0 bridgehead atoms. The SMILES string of the molecule is Nc1ccc(CN2CCCNC(=O)C2)cn1. The Morgan fingerprint density at radius 2 is 2.38 bits per heavy atom. The molecule has 1 saturated heterocycles. The largest absolute Gasteiger partial charge is 0.384 e. The second-order valence-corrected chi connectivity index (χ2v) is 4.01. The molecular formula is C11H16N4O. The number of nitrogens with one attached hydrogen (secondary N) is 1. The van der Waals surface area contributed by atoms with Crippen LogP contribution in [0.1, 0.15) is 12.0 Å². The van der Waals surface area contributed by atoms with E-state index in [2.05, 4.69) is 15.2 Å². The standard InChI is InChI=1S/C11H16N4O/c12-10-3-2-9(6-14-10)7-15-5-1-4-13-11(16)8-15/h2-3,6H,1,4-5,7-8H2,(H2,12,14)(H,13,16). The van der Waals surface area contributed by atoms with Crippen LogP contribution in [0.3, 0.4) is 0 Å². The number of hydrogen-bond donors (Lipinski definition) is 2. The number of anilines is 1. The fourth-order valence-electron chi connectivity index (χ4n) is 1.79. The van der Waals surface area contributed by atoms with Gasteiger partial charge < -0.3 is 11.1 Å². The topological polar surface area (TPSA) is 71.2 Å². The van der Waals surface area contributed by atoms with E-state index in [1.807, 2.05) is 6.07 Å². The van der Waals surface area contributed by atoms with Crippen LogP contribution in [0.4, 0.5) is 5.82 Å². The average Bonchev–Trinajstić information content (AvgIpc) is 2.46. The molecule has 86 valence electrons. The fraction of sp³-hybridized carbons (Fsp3) is 0.455. The fourth-order valence-corrected chi connectivity index (χ4v) is 1.79. The minimum absolute atomic E-state index is 0.0981. The molecule has 5 heteroatoms. The Kier molecular flexibility index (Phi) is 3.36. The molecule has 0 unspecified atom stereocenters. The highest BCUT2D eigenvalue weighted by Crippen LogP contribution is 2.07. The summed E-state index contributed by atoms with van der Waals surface area (Å²) < 4.78 is 0. The predicted molar refractivity (Wildman–Crippen MR) is 61.6 cm³/mol. The molecule has 2 rings (SSSR count). The molecule has 16 heavy (non-hydrogen) atoms. The van der Waals surface area contributed by atoms with E-state index in [0.29, 0.717) is 12.4 Å². The van der Waals surface area contributed by atoms with Crippen molar-refractivity contribution in [2.45, 2.75) is 13.0 Å². The van der Waals surface area contributed by atoms with Gasteiger partial charge >= 0.3 is 0 Å². The summed E-state index contributed by atoms with van der Waals surface area (Å²) in [7, 11) is 0. The van der Waals surface area contributed by atoms with E-state index in [0.717, 1.165) is 31.6 Å². The summed E-state index contributed by atoms with van der Waals surface area (Å²) >= 11 is 0. The quantitative estimate of drug-likeness (QED) is 0.735. The van der Waals surface area contributed by atoms with Crippen LogP contribution in [0.2, 0.25) is 0 Å². The van der Waals surface area contributed by atoms with Crippen molar-refractivity contribution in [3.8, 4) is 0 Å². The molecule has 3 N–H and O–H groups in total. The molecular weight excluding hydrogens is 204 g/mol. The molecule has 0 radical (unpaired) electrons. The lowest BCUT2D eigenvalue weighted by Crippen LogP contribution is -2.32. The normalized spacial score (nSPS) is 17.9. The van der Waals surface area contributed by atoms with E-state index in [-0.39, 0.29) is 5.91 Å². The van der Waals surface area contributed by atoms with Gasteiger partial charge in [-0.15, -0.1) is 0 Å². The second-order valence-electron chi connectivity index (χ2n) is 4.01. The number of amides is 1. The maximum Gasteiger partial charge on any atom is 0.234 e. The second kappa shape index (κ2) is 4.94. The lowest BCUT2D eigenvalue weighted by Gasteiger charge is -2.18. The lowest BCUT2D eigenvalue weighted by atomic mass is 10.2. The summed E-state index contributed by atoms with van der Waals surface area (Å²) in [5, 5.41) is 2.85. The summed E-state index contributed by atoms with van der Waals surface area (Å²) in [6.45, 7) is 2.92. The van der Waals surface area contributed by atoms with Gasteiger partial charge in [-0.3, -0.25) is 9.69 Å². The van der Waals surface area contributed by atoms with Crippen LogP contribution in [-0.2, 0) is 11.3 Å². The van der Waals surface area contributed by atoms with Gasteiger partial charge in [0.15, 0.2) is 0 Å². The molecule has 1 aromatic rings. The predicted octanol–water partition coefficient (Wildman–Crippen LogP) is -0.0143. The number of carbonyl (C=O) groups excluding carboxylic acids is 1. The Morgan fingerprint density at radius 3 is 3.12 bits per heavy atom. The maximum absolute atomic E-state index is 11.3. The Hall–Kier alpha value is -1.62. The number of hydrogen-bond acceptors (Lipinski definition) is 4. The van der Waals surface area contributed by atoms with Crippen molar-refractivity contribution in [3.05, 3.63) is 23.9 Å². The molecule has 1 amide bonds. The first kappa shape index (κ1) is 10.9.